The quantitative estimate of drug-likeness (QED) is 0.154. The Morgan fingerprint density at radius 2 is 1.55 bits per heavy atom. The number of aromatic amines is 3. The number of hydrogen-bond acceptors (Lipinski definition) is 5. The number of amides is 1. The highest BCUT2D eigenvalue weighted by atomic mass is 32.1. The second-order valence-electron chi connectivity index (χ2n) is 11.4. The molecule has 1 amide bonds. The topological polar surface area (TPSA) is 174 Å². The summed E-state index contributed by atoms with van der Waals surface area (Å²) in [6.45, 7) is 13.1. The second kappa shape index (κ2) is 13.1. The van der Waals surface area contributed by atoms with Crippen LogP contribution in [-0.2, 0) is 33.6 Å². The minimum atomic E-state index is -0.926. The summed E-state index contributed by atoms with van der Waals surface area (Å²) in [4.78, 5) is 45.3. The van der Waals surface area contributed by atoms with Crippen LogP contribution in [0.4, 0.5) is 0 Å². The molecule has 0 saturated carbocycles. The highest BCUT2D eigenvalue weighted by Gasteiger charge is 2.28. The van der Waals surface area contributed by atoms with Gasteiger partial charge in [0.25, 0.3) is 5.91 Å². The Kier molecular flexibility index (Phi) is 9.68. The van der Waals surface area contributed by atoms with E-state index in [2.05, 4.69) is 39.5 Å². The molecule has 0 radical (unpaired) electrons. The molecule has 234 valence electrons. The lowest BCUT2D eigenvalue weighted by Gasteiger charge is -2.12. The summed E-state index contributed by atoms with van der Waals surface area (Å²) >= 11 is 4.56. The highest BCUT2D eigenvalue weighted by molar-refractivity contribution is 7.80. The first kappa shape index (κ1) is 32.5. The maximum atomic E-state index is 12.4. The first-order chi connectivity index (χ1) is 20.7. The van der Waals surface area contributed by atoms with Crippen LogP contribution in [0.25, 0.3) is 12.2 Å². The molecule has 0 spiro atoms. The molecule has 0 bridgehead atoms. The normalized spacial score (nSPS) is 16.6. The number of carboxylic acid groups (broad SMARTS) is 2. The molecule has 3 aromatic heterocycles. The number of aromatic nitrogens is 3. The van der Waals surface area contributed by atoms with Crippen LogP contribution in [0.5, 0.6) is 5.88 Å². The van der Waals surface area contributed by atoms with E-state index in [1.165, 1.54) is 0 Å². The highest BCUT2D eigenvalue weighted by Crippen LogP contribution is 2.31. The van der Waals surface area contributed by atoms with E-state index in [0.717, 1.165) is 44.4 Å². The van der Waals surface area contributed by atoms with Gasteiger partial charge in [0, 0.05) is 57.9 Å². The molecule has 4 heterocycles. The first-order valence-electron chi connectivity index (χ1n) is 14.5. The van der Waals surface area contributed by atoms with Crippen LogP contribution in [0, 0.1) is 20.8 Å². The number of hydrogen-bond donors (Lipinski definition) is 7. The zero-order valence-corrected chi connectivity index (χ0v) is 26.5. The van der Waals surface area contributed by atoms with E-state index < -0.39 is 11.9 Å². The van der Waals surface area contributed by atoms with Gasteiger partial charge in [0.1, 0.15) is 0 Å². The van der Waals surface area contributed by atoms with Crippen LogP contribution in [0.1, 0.15) is 82.4 Å². The third-order valence-electron chi connectivity index (χ3n) is 8.53. The standard InChI is InChI=1S/C33H40N4O6S/c1-7-20-15(2)25(36-33(20)43)12-23-16(3)21(8-10-29(38)39)26(34-23)14-27-22(9-11-30(40)41)17(4)24(35-27)13-28-31(19(6)44)18(5)32(42)37-28/h7,13-14,19,25,34-35,37,42,44H,1,8-12H2,2-6H3,(H,36,43)(H,38,39)(H,40,41)/p-1/b24-13+,27-14-/t19-,25+/m0/s1. The molecule has 0 aromatic carbocycles. The van der Waals surface area contributed by atoms with Gasteiger partial charge in [-0.15, -0.1) is 0 Å². The molecule has 0 unspecified atom stereocenters. The van der Waals surface area contributed by atoms with Crippen molar-refractivity contribution in [3.8, 4) is 5.88 Å². The van der Waals surface area contributed by atoms with Gasteiger partial charge >= 0.3 is 11.9 Å². The Balaban J connectivity index is 1.89. The molecule has 44 heavy (non-hydrogen) atoms. The number of aliphatic carboxylic acids is 2. The summed E-state index contributed by atoms with van der Waals surface area (Å²) in [5, 5.41) is 35.6. The van der Waals surface area contributed by atoms with Crippen LogP contribution in [0.2, 0.25) is 0 Å². The molecule has 0 fully saturated rings. The minimum absolute atomic E-state index is 0.0677. The smallest absolute Gasteiger partial charge is 0.303 e. The lowest BCUT2D eigenvalue weighted by atomic mass is 9.98. The zero-order valence-electron chi connectivity index (χ0n) is 25.6. The number of H-pyrrole nitrogens is 3. The molecule has 3 aromatic rings. The van der Waals surface area contributed by atoms with Gasteiger partial charge in [-0.25, -0.2) is 0 Å². The second-order valence-corrected chi connectivity index (χ2v) is 12.1. The molecular weight excluding hydrogens is 580 g/mol. The average molecular weight is 620 g/mol. The van der Waals surface area contributed by atoms with Gasteiger partial charge in [-0.05, 0) is 104 Å². The summed E-state index contributed by atoms with van der Waals surface area (Å²) in [6.07, 6.45) is 6.18. The summed E-state index contributed by atoms with van der Waals surface area (Å²) in [5.41, 5.74) is 8.45. The lowest BCUT2D eigenvalue weighted by molar-refractivity contribution is -0.275. The number of nitrogens with one attached hydrogen (secondary N) is 4. The van der Waals surface area contributed by atoms with E-state index in [4.69, 9.17) is 0 Å². The average Bonchev–Trinajstić information content (AvgIpc) is 3.59. The molecule has 11 heteroatoms. The van der Waals surface area contributed by atoms with Crippen LogP contribution in [-0.4, -0.2) is 49.1 Å². The molecule has 1 aliphatic rings. The van der Waals surface area contributed by atoms with Crippen molar-refractivity contribution in [3.05, 3.63) is 85.0 Å². The Morgan fingerprint density at radius 1 is 0.932 bits per heavy atom. The Hall–Kier alpha value is -4.38. The van der Waals surface area contributed by atoms with E-state index in [-0.39, 0.29) is 48.8 Å². The van der Waals surface area contributed by atoms with E-state index in [9.17, 15) is 29.7 Å². The summed E-state index contributed by atoms with van der Waals surface area (Å²) in [5.74, 6) is -2.20. The predicted octanol–water partition coefficient (Wildman–Crippen LogP) is 2.90. The number of thiol groups is 1. The van der Waals surface area contributed by atoms with E-state index >= 15 is 0 Å². The molecule has 6 N–H and O–H groups in total. The number of carbonyl (C=O) groups excluding carboxylic acids is 1. The van der Waals surface area contributed by atoms with Crippen molar-refractivity contribution in [2.45, 2.75) is 78.0 Å². The van der Waals surface area contributed by atoms with Gasteiger partial charge in [0.15, 0.2) is 0 Å². The van der Waals surface area contributed by atoms with Crippen molar-refractivity contribution in [3.63, 3.8) is 0 Å². The third-order valence-corrected chi connectivity index (χ3v) is 8.79. The molecule has 4 rings (SSSR count). The summed E-state index contributed by atoms with van der Waals surface area (Å²) < 4.78 is 0. The van der Waals surface area contributed by atoms with Gasteiger partial charge in [-0.2, -0.15) is 12.6 Å². The van der Waals surface area contributed by atoms with Crippen LogP contribution in [0.3, 0.4) is 0 Å². The Labute approximate surface area is 261 Å². The SMILES string of the molecule is C=CC1=C(C)[C@@H](Cc2[nH]c(/C=c3\[nH]/c(=C/c4[nH]c([O-])c(C)c4[C@H](C)S)c(C)c3CCC(=O)O)c(CCC(=O)O)c2C)NC1=O. The fourth-order valence-electron chi connectivity index (χ4n) is 6.02. The molecule has 1 aliphatic heterocycles. The van der Waals surface area contributed by atoms with Crippen molar-refractivity contribution in [2.75, 3.05) is 0 Å². The van der Waals surface area contributed by atoms with Crippen LogP contribution in [0.15, 0.2) is 23.8 Å². The maximum absolute atomic E-state index is 12.4. The van der Waals surface area contributed by atoms with Gasteiger partial charge in [-0.3, -0.25) is 14.4 Å². The van der Waals surface area contributed by atoms with Crippen molar-refractivity contribution in [2.24, 2.45) is 0 Å². The monoisotopic (exact) mass is 619 g/mol. The molecule has 0 aliphatic carbocycles. The van der Waals surface area contributed by atoms with Crippen molar-refractivity contribution in [1.82, 2.24) is 20.3 Å². The molecule has 10 nitrogen and oxygen atoms in total. The molecule has 2 atom stereocenters. The fraction of sp³-hybridized carbons (Fsp3) is 0.364. The predicted molar refractivity (Wildman–Crippen MR) is 170 cm³/mol. The third kappa shape index (κ3) is 6.57. The summed E-state index contributed by atoms with van der Waals surface area (Å²) in [7, 11) is 0. The van der Waals surface area contributed by atoms with Crippen LogP contribution >= 0.6 is 12.6 Å². The van der Waals surface area contributed by atoms with Crippen molar-refractivity contribution in [1.29, 1.82) is 0 Å². The van der Waals surface area contributed by atoms with Crippen molar-refractivity contribution < 1.29 is 29.7 Å². The maximum Gasteiger partial charge on any atom is 0.303 e. The fourth-order valence-corrected chi connectivity index (χ4v) is 6.35. The van der Waals surface area contributed by atoms with E-state index in [1.807, 2.05) is 39.8 Å². The number of carboxylic acids is 2. The Morgan fingerprint density at radius 3 is 2.11 bits per heavy atom. The van der Waals surface area contributed by atoms with Gasteiger partial charge in [0.05, 0.1) is 6.04 Å². The minimum Gasteiger partial charge on any atom is -0.860 e. The number of rotatable bonds is 12. The Bertz CT molecular complexity index is 1800. The largest absolute Gasteiger partial charge is 0.860 e. The van der Waals surface area contributed by atoms with Crippen LogP contribution < -0.4 is 21.1 Å². The van der Waals surface area contributed by atoms with Gasteiger partial charge < -0.3 is 35.6 Å². The summed E-state index contributed by atoms with van der Waals surface area (Å²) in [6, 6.07) is -0.230. The first-order valence-corrected chi connectivity index (χ1v) is 15.0. The van der Waals surface area contributed by atoms with Gasteiger partial charge in [0.2, 0.25) is 0 Å². The van der Waals surface area contributed by atoms with E-state index in [0.29, 0.717) is 34.3 Å². The number of carbonyl (C=O) groups is 3. The molecule has 0 saturated heterocycles. The van der Waals surface area contributed by atoms with Crippen molar-refractivity contribution >= 4 is 42.6 Å². The zero-order chi connectivity index (χ0) is 32.5. The van der Waals surface area contributed by atoms with Gasteiger partial charge in [-0.1, -0.05) is 12.7 Å². The van der Waals surface area contributed by atoms with E-state index in [1.54, 1.807) is 13.0 Å². The molecular formula is C33H39N4O6S-. The lowest BCUT2D eigenvalue weighted by Crippen LogP contribution is -2.30.